The fourth-order valence-electron chi connectivity index (χ4n) is 1.35. The maximum Gasteiger partial charge on any atom is 0.262 e. The number of hydrogen-bond acceptors (Lipinski definition) is 4. The van der Waals surface area contributed by atoms with Crippen molar-refractivity contribution >= 4 is 25.6 Å². The highest BCUT2D eigenvalue weighted by molar-refractivity contribution is 8.13. The minimum Gasteiger partial charge on any atom is -0.475 e. The first-order chi connectivity index (χ1) is 7.09. The van der Waals surface area contributed by atoms with Gasteiger partial charge in [0.15, 0.2) is 0 Å². The predicted molar refractivity (Wildman–Crippen MR) is 56.8 cm³/mol. The summed E-state index contributed by atoms with van der Waals surface area (Å²) < 4.78 is 27.7. The van der Waals surface area contributed by atoms with Gasteiger partial charge in [0, 0.05) is 10.7 Å². The Morgan fingerprint density at radius 1 is 1.33 bits per heavy atom. The second-order valence-electron chi connectivity index (χ2n) is 2.97. The zero-order valence-electron chi connectivity index (χ0n) is 7.68. The highest BCUT2D eigenvalue weighted by atomic mass is 35.7. The molecule has 2 rings (SSSR count). The van der Waals surface area contributed by atoms with Crippen molar-refractivity contribution in [1.82, 2.24) is 0 Å². The topological polar surface area (TPSA) is 55.7 Å². The first-order valence-electron chi connectivity index (χ1n) is 4.30. The van der Waals surface area contributed by atoms with Gasteiger partial charge in [0.05, 0.1) is 17.0 Å². The van der Waals surface area contributed by atoms with Gasteiger partial charge >= 0.3 is 0 Å². The molecule has 1 aromatic carbocycles. The van der Waals surface area contributed by atoms with Crippen LogP contribution in [-0.4, -0.2) is 27.5 Å². The van der Waals surface area contributed by atoms with Crippen molar-refractivity contribution in [2.45, 2.75) is 4.90 Å². The molecule has 80 valence electrons. The average Bonchev–Trinajstić information content (AvgIpc) is 2.69. The Morgan fingerprint density at radius 3 is 2.67 bits per heavy atom. The van der Waals surface area contributed by atoms with Crippen molar-refractivity contribution in [3.63, 3.8) is 0 Å². The fourth-order valence-corrected chi connectivity index (χ4v) is 2.42. The van der Waals surface area contributed by atoms with Gasteiger partial charge in [0.2, 0.25) is 5.90 Å². The number of ether oxygens (including phenoxy) is 1. The molecule has 15 heavy (non-hydrogen) atoms. The van der Waals surface area contributed by atoms with Crippen molar-refractivity contribution in [2.24, 2.45) is 4.99 Å². The third-order valence-corrected chi connectivity index (χ3v) is 3.35. The van der Waals surface area contributed by atoms with Gasteiger partial charge in [-0.1, -0.05) is 12.1 Å². The van der Waals surface area contributed by atoms with Crippen LogP contribution < -0.4 is 0 Å². The summed E-state index contributed by atoms with van der Waals surface area (Å²) in [6.45, 7) is 1.03. The van der Waals surface area contributed by atoms with E-state index < -0.39 is 9.05 Å². The lowest BCUT2D eigenvalue weighted by Gasteiger charge is -2.05. The summed E-state index contributed by atoms with van der Waals surface area (Å²) in [6, 6.07) is 6.38. The van der Waals surface area contributed by atoms with Gasteiger partial charge in [-0.2, -0.15) is 0 Å². The van der Waals surface area contributed by atoms with Crippen LogP contribution in [0.3, 0.4) is 0 Å². The largest absolute Gasteiger partial charge is 0.475 e. The minimum absolute atomic E-state index is 0.0346. The van der Waals surface area contributed by atoms with E-state index in [0.717, 1.165) is 0 Å². The van der Waals surface area contributed by atoms with Crippen LogP contribution in [-0.2, 0) is 13.8 Å². The number of aliphatic imine (C=N–C) groups is 1. The Labute approximate surface area is 92.0 Å². The SMILES string of the molecule is O=S(=O)(Cl)c1ccccc1C1=NCCO1. The molecule has 1 aliphatic heterocycles. The zero-order chi connectivity index (χ0) is 10.9. The third-order valence-electron chi connectivity index (χ3n) is 1.97. The number of nitrogens with zero attached hydrogens (tertiary/aromatic N) is 1. The first kappa shape index (κ1) is 10.4. The number of halogens is 1. The lowest BCUT2D eigenvalue weighted by atomic mass is 10.2. The van der Waals surface area contributed by atoms with Crippen LogP contribution in [0.25, 0.3) is 0 Å². The highest BCUT2D eigenvalue weighted by Gasteiger charge is 2.21. The van der Waals surface area contributed by atoms with E-state index in [-0.39, 0.29) is 4.90 Å². The summed E-state index contributed by atoms with van der Waals surface area (Å²) in [5.74, 6) is 0.342. The number of hydrogen-bond donors (Lipinski definition) is 0. The van der Waals surface area contributed by atoms with Gasteiger partial charge in [-0.05, 0) is 12.1 Å². The smallest absolute Gasteiger partial charge is 0.262 e. The van der Waals surface area contributed by atoms with Crippen molar-refractivity contribution in [3.8, 4) is 0 Å². The van der Waals surface area contributed by atoms with Crippen LogP contribution in [0.4, 0.5) is 0 Å². The van der Waals surface area contributed by atoms with Crippen molar-refractivity contribution < 1.29 is 13.2 Å². The molecule has 0 radical (unpaired) electrons. The van der Waals surface area contributed by atoms with E-state index in [1.165, 1.54) is 6.07 Å². The molecule has 0 fully saturated rings. The Bertz CT molecular complexity index is 510. The molecule has 4 nitrogen and oxygen atoms in total. The minimum atomic E-state index is -3.76. The Hall–Kier alpha value is -1.07. The quantitative estimate of drug-likeness (QED) is 0.740. The molecule has 0 bridgehead atoms. The first-order valence-corrected chi connectivity index (χ1v) is 6.61. The molecule has 1 heterocycles. The second kappa shape index (κ2) is 3.83. The van der Waals surface area contributed by atoms with Crippen molar-refractivity contribution in [1.29, 1.82) is 0 Å². The maximum atomic E-state index is 11.3. The normalized spacial score (nSPS) is 15.9. The van der Waals surface area contributed by atoms with Crippen LogP contribution in [0.1, 0.15) is 5.56 Å². The monoisotopic (exact) mass is 245 g/mol. The summed E-state index contributed by atoms with van der Waals surface area (Å²) in [6.07, 6.45) is 0. The molecule has 0 saturated heterocycles. The average molecular weight is 246 g/mol. The van der Waals surface area contributed by atoms with E-state index in [1.807, 2.05) is 0 Å². The molecule has 6 heteroatoms. The lowest BCUT2D eigenvalue weighted by Crippen LogP contribution is -2.06. The van der Waals surface area contributed by atoms with Gasteiger partial charge in [-0.25, -0.2) is 13.4 Å². The fraction of sp³-hybridized carbons (Fsp3) is 0.222. The molecular formula is C9H8ClNO3S. The summed E-state index contributed by atoms with van der Waals surface area (Å²) >= 11 is 0. The molecule has 0 N–H and O–H groups in total. The van der Waals surface area contributed by atoms with Gasteiger partial charge in [0.1, 0.15) is 6.61 Å². The number of rotatable bonds is 2. The van der Waals surface area contributed by atoms with Crippen LogP contribution in [0, 0.1) is 0 Å². The maximum absolute atomic E-state index is 11.3. The molecule has 1 aromatic rings. The van der Waals surface area contributed by atoms with Gasteiger partial charge in [0.25, 0.3) is 9.05 Å². The van der Waals surface area contributed by atoms with E-state index in [4.69, 9.17) is 15.4 Å². The zero-order valence-corrected chi connectivity index (χ0v) is 9.25. The third kappa shape index (κ3) is 2.13. The molecule has 0 spiro atoms. The molecule has 0 aliphatic carbocycles. The van der Waals surface area contributed by atoms with Crippen LogP contribution in [0.2, 0.25) is 0 Å². The van der Waals surface area contributed by atoms with E-state index >= 15 is 0 Å². The Morgan fingerprint density at radius 2 is 2.07 bits per heavy atom. The molecule has 0 aromatic heterocycles. The van der Waals surface area contributed by atoms with E-state index in [2.05, 4.69) is 4.99 Å². The summed E-state index contributed by atoms with van der Waals surface area (Å²) in [7, 11) is 1.54. The summed E-state index contributed by atoms with van der Waals surface area (Å²) in [4.78, 5) is 4.09. The van der Waals surface area contributed by atoms with E-state index in [9.17, 15) is 8.42 Å². The van der Waals surface area contributed by atoms with Crippen LogP contribution >= 0.6 is 10.7 Å². The van der Waals surface area contributed by atoms with Gasteiger partial charge < -0.3 is 4.74 Å². The molecule has 0 unspecified atom stereocenters. The Kier molecular flexibility index (Phi) is 2.67. The second-order valence-corrected chi connectivity index (χ2v) is 5.50. The Balaban J connectivity index is 2.56. The lowest BCUT2D eigenvalue weighted by molar-refractivity contribution is 0.347. The summed E-state index contributed by atoms with van der Waals surface area (Å²) in [5.41, 5.74) is 0.421. The molecule has 0 saturated carbocycles. The van der Waals surface area contributed by atoms with Crippen LogP contribution in [0.5, 0.6) is 0 Å². The van der Waals surface area contributed by atoms with Crippen LogP contribution in [0.15, 0.2) is 34.2 Å². The van der Waals surface area contributed by atoms with E-state index in [1.54, 1.807) is 18.2 Å². The standard InChI is InChI=1S/C9H8ClNO3S/c10-15(12,13)8-4-2-1-3-7(8)9-11-5-6-14-9/h1-4H,5-6H2. The highest BCUT2D eigenvalue weighted by Crippen LogP contribution is 2.21. The predicted octanol–water partition coefficient (Wildman–Crippen LogP) is 1.39. The molecule has 0 amide bonds. The molecule has 1 aliphatic rings. The molecular weight excluding hydrogens is 238 g/mol. The van der Waals surface area contributed by atoms with Crippen molar-refractivity contribution in [2.75, 3.05) is 13.2 Å². The van der Waals surface area contributed by atoms with E-state index in [0.29, 0.717) is 24.6 Å². The van der Waals surface area contributed by atoms with Gasteiger partial charge in [-0.15, -0.1) is 0 Å². The molecule has 0 atom stereocenters. The summed E-state index contributed by atoms with van der Waals surface area (Å²) in [5, 5.41) is 0. The number of benzene rings is 1. The van der Waals surface area contributed by atoms with Gasteiger partial charge in [-0.3, -0.25) is 0 Å². The van der Waals surface area contributed by atoms with Crippen molar-refractivity contribution in [3.05, 3.63) is 29.8 Å².